The number of carbonyl (C=O) groups excluding carboxylic acids is 2. The normalized spacial score (nSPS) is 16.5. The summed E-state index contributed by atoms with van der Waals surface area (Å²) < 4.78 is 41.1. The van der Waals surface area contributed by atoms with Gasteiger partial charge in [0.25, 0.3) is 5.69 Å². The third-order valence-electron chi connectivity index (χ3n) is 4.42. The molecular weight excluding hydrogens is 419 g/mol. The monoisotopic (exact) mass is 435 g/mol. The average molecular weight is 435 g/mol. The van der Waals surface area contributed by atoms with Crippen molar-refractivity contribution in [2.24, 2.45) is 0 Å². The molecule has 1 fully saturated rings. The summed E-state index contributed by atoms with van der Waals surface area (Å²) in [6.45, 7) is 0.214. The quantitative estimate of drug-likeness (QED) is 0.426. The maximum Gasteiger partial charge on any atom is 0.573 e. The first kappa shape index (κ1) is 21.8. The first-order valence-corrected chi connectivity index (χ1v) is 9.02. The number of nitrogens with zero attached hydrogens (tertiary/aromatic N) is 2. The van der Waals surface area contributed by atoms with Crippen LogP contribution in [0.1, 0.15) is 12.0 Å². The van der Waals surface area contributed by atoms with E-state index in [0.29, 0.717) is 5.56 Å². The predicted octanol–water partition coefficient (Wildman–Crippen LogP) is 3.43. The van der Waals surface area contributed by atoms with Gasteiger partial charge in [-0.1, -0.05) is 6.07 Å². The summed E-state index contributed by atoms with van der Waals surface area (Å²) in [5.74, 6) is -1.45. The number of nitro groups is 1. The third-order valence-corrected chi connectivity index (χ3v) is 4.42. The molecule has 0 radical (unpaired) electrons. The van der Waals surface area contributed by atoms with Crippen molar-refractivity contribution >= 4 is 29.3 Å². The van der Waals surface area contributed by atoms with Gasteiger partial charge in [-0.15, -0.1) is 13.2 Å². The zero-order valence-electron chi connectivity index (χ0n) is 15.8. The van der Waals surface area contributed by atoms with Gasteiger partial charge in [0.2, 0.25) is 11.8 Å². The number of non-ortho nitro benzene ring substituents is 1. The molecule has 1 unspecified atom stereocenters. The van der Waals surface area contributed by atoms with E-state index in [1.807, 2.05) is 0 Å². The molecule has 3 rings (SSSR count). The number of alkyl halides is 3. The minimum atomic E-state index is -4.85. The molecule has 1 atom stereocenters. The standard InChI is InChI=1S/C20H16F3N3O5/c21-20(22,23)31-16-3-1-2-15(12-16)25-11-10-17(19(25)28)24-18(27)9-6-13-4-7-14(8-5-13)26(29)30/h1-9,12,17H,10-11H2,(H,24,27)/b9-6+. The molecule has 1 saturated heterocycles. The number of nitrogens with one attached hydrogen (secondary N) is 1. The second kappa shape index (κ2) is 8.86. The third kappa shape index (κ3) is 5.81. The number of amides is 2. The van der Waals surface area contributed by atoms with Crippen LogP contribution in [0.15, 0.2) is 54.6 Å². The molecule has 1 aliphatic heterocycles. The van der Waals surface area contributed by atoms with Gasteiger partial charge in [0.1, 0.15) is 11.8 Å². The number of ether oxygens (including phenoxy) is 1. The fraction of sp³-hybridized carbons (Fsp3) is 0.200. The highest BCUT2D eigenvalue weighted by atomic mass is 19.4. The molecular formula is C20H16F3N3O5. The number of hydrogen-bond acceptors (Lipinski definition) is 5. The lowest BCUT2D eigenvalue weighted by Crippen LogP contribution is -2.40. The number of hydrogen-bond donors (Lipinski definition) is 1. The topological polar surface area (TPSA) is 102 Å². The van der Waals surface area contributed by atoms with Crippen LogP contribution in [0.5, 0.6) is 5.75 Å². The first-order chi connectivity index (χ1) is 14.6. The van der Waals surface area contributed by atoms with Crippen molar-refractivity contribution in [3.8, 4) is 5.75 Å². The van der Waals surface area contributed by atoms with Crippen LogP contribution in [0.3, 0.4) is 0 Å². The summed E-state index contributed by atoms with van der Waals surface area (Å²) in [7, 11) is 0. The van der Waals surface area contributed by atoms with Crippen molar-refractivity contribution < 1.29 is 32.4 Å². The van der Waals surface area contributed by atoms with Gasteiger partial charge in [-0.2, -0.15) is 0 Å². The molecule has 2 amide bonds. The van der Waals surface area contributed by atoms with E-state index in [2.05, 4.69) is 10.1 Å². The van der Waals surface area contributed by atoms with Crippen LogP contribution in [0.4, 0.5) is 24.5 Å². The van der Waals surface area contributed by atoms with Crippen LogP contribution in [-0.2, 0) is 9.59 Å². The Hall–Kier alpha value is -3.89. The lowest BCUT2D eigenvalue weighted by molar-refractivity contribution is -0.384. The number of halogens is 3. The Morgan fingerprint density at radius 3 is 2.58 bits per heavy atom. The molecule has 11 heteroatoms. The smallest absolute Gasteiger partial charge is 0.406 e. The minimum absolute atomic E-state index is 0.0806. The summed E-state index contributed by atoms with van der Waals surface area (Å²) in [6, 6.07) is 9.74. The van der Waals surface area contributed by atoms with Gasteiger partial charge in [-0.05, 0) is 42.3 Å². The van der Waals surface area contributed by atoms with E-state index in [9.17, 15) is 32.9 Å². The molecule has 31 heavy (non-hydrogen) atoms. The molecule has 1 heterocycles. The molecule has 1 N–H and O–H groups in total. The van der Waals surface area contributed by atoms with Crippen molar-refractivity contribution in [2.75, 3.05) is 11.4 Å². The number of anilines is 1. The predicted molar refractivity (Wildman–Crippen MR) is 104 cm³/mol. The summed E-state index contributed by atoms with van der Waals surface area (Å²) in [5, 5.41) is 13.2. The van der Waals surface area contributed by atoms with Gasteiger partial charge in [0.15, 0.2) is 0 Å². The Bertz CT molecular complexity index is 1020. The lowest BCUT2D eigenvalue weighted by Gasteiger charge is -2.18. The van der Waals surface area contributed by atoms with Crippen molar-refractivity contribution in [1.29, 1.82) is 0 Å². The number of benzene rings is 2. The van der Waals surface area contributed by atoms with Crippen LogP contribution in [-0.4, -0.2) is 35.7 Å². The van der Waals surface area contributed by atoms with Crippen molar-refractivity contribution in [3.05, 3.63) is 70.3 Å². The van der Waals surface area contributed by atoms with E-state index in [4.69, 9.17) is 0 Å². The second-order valence-electron chi connectivity index (χ2n) is 6.57. The summed E-state index contributed by atoms with van der Waals surface area (Å²) >= 11 is 0. The highest BCUT2D eigenvalue weighted by Crippen LogP contribution is 2.29. The second-order valence-corrected chi connectivity index (χ2v) is 6.57. The summed E-state index contributed by atoms with van der Waals surface area (Å²) in [4.78, 5) is 36.1. The molecule has 0 bridgehead atoms. The van der Waals surface area contributed by atoms with Crippen LogP contribution in [0.2, 0.25) is 0 Å². The van der Waals surface area contributed by atoms with Crippen molar-refractivity contribution in [1.82, 2.24) is 5.32 Å². The largest absolute Gasteiger partial charge is 0.573 e. The van der Waals surface area contributed by atoms with Crippen molar-refractivity contribution in [3.63, 3.8) is 0 Å². The highest BCUT2D eigenvalue weighted by molar-refractivity contribution is 6.03. The molecule has 162 valence electrons. The van der Waals surface area contributed by atoms with E-state index in [1.54, 1.807) is 0 Å². The van der Waals surface area contributed by atoms with Crippen molar-refractivity contribution in [2.45, 2.75) is 18.8 Å². The molecule has 2 aromatic carbocycles. The maximum absolute atomic E-state index is 12.6. The SMILES string of the molecule is O=C(/C=C/c1ccc([N+](=O)[O-])cc1)NC1CCN(c2cccc(OC(F)(F)F)c2)C1=O. The lowest BCUT2D eigenvalue weighted by atomic mass is 10.2. The first-order valence-electron chi connectivity index (χ1n) is 9.02. The molecule has 1 aliphatic rings. The number of rotatable bonds is 6. The highest BCUT2D eigenvalue weighted by Gasteiger charge is 2.34. The van der Waals surface area contributed by atoms with E-state index >= 15 is 0 Å². The van der Waals surface area contributed by atoms with E-state index in [-0.39, 0.29) is 24.3 Å². The van der Waals surface area contributed by atoms with Gasteiger partial charge >= 0.3 is 6.36 Å². The fourth-order valence-electron chi connectivity index (χ4n) is 3.02. The zero-order valence-corrected chi connectivity index (χ0v) is 15.8. The van der Waals surface area contributed by atoms with Crippen LogP contribution in [0, 0.1) is 10.1 Å². The molecule has 0 saturated carbocycles. The molecule has 0 aliphatic carbocycles. The van der Waals surface area contributed by atoms with Gasteiger partial charge in [-0.25, -0.2) is 0 Å². The van der Waals surface area contributed by atoms with Gasteiger partial charge in [0, 0.05) is 36.5 Å². The average Bonchev–Trinajstić information content (AvgIpc) is 3.06. The summed E-state index contributed by atoms with van der Waals surface area (Å²) in [6.07, 6.45) is -1.94. The molecule has 0 spiro atoms. The van der Waals surface area contributed by atoms with Gasteiger partial charge in [0.05, 0.1) is 4.92 Å². The van der Waals surface area contributed by atoms with Crippen LogP contribution >= 0.6 is 0 Å². The van der Waals surface area contributed by atoms with E-state index < -0.39 is 34.9 Å². The van der Waals surface area contributed by atoms with Crippen LogP contribution in [0.25, 0.3) is 6.08 Å². The minimum Gasteiger partial charge on any atom is -0.406 e. The Balaban J connectivity index is 1.60. The van der Waals surface area contributed by atoms with Gasteiger partial charge in [-0.3, -0.25) is 19.7 Å². The Labute approximate surface area is 174 Å². The Morgan fingerprint density at radius 2 is 1.94 bits per heavy atom. The number of nitro benzene ring substituents is 1. The van der Waals surface area contributed by atoms with E-state index in [0.717, 1.165) is 12.1 Å². The van der Waals surface area contributed by atoms with Gasteiger partial charge < -0.3 is 15.0 Å². The van der Waals surface area contributed by atoms with Crippen LogP contribution < -0.4 is 15.0 Å². The number of carbonyl (C=O) groups is 2. The molecule has 2 aromatic rings. The maximum atomic E-state index is 12.6. The van der Waals surface area contributed by atoms with E-state index in [1.165, 1.54) is 53.5 Å². The Kier molecular flexibility index (Phi) is 6.23. The zero-order chi connectivity index (χ0) is 22.6. The molecule has 8 nitrogen and oxygen atoms in total. The fourth-order valence-corrected chi connectivity index (χ4v) is 3.02. The molecule has 0 aromatic heterocycles. The summed E-state index contributed by atoms with van der Waals surface area (Å²) in [5.41, 5.74) is 0.703. The Morgan fingerprint density at radius 1 is 1.23 bits per heavy atom.